The monoisotopic (exact) mass is 300 g/mol. The van der Waals surface area contributed by atoms with E-state index in [0.29, 0.717) is 0 Å². The molecular formula is C19H16N4. The zero-order valence-electron chi connectivity index (χ0n) is 13.1. The van der Waals surface area contributed by atoms with Gasteiger partial charge in [0.05, 0.1) is 5.35 Å². The van der Waals surface area contributed by atoms with Gasteiger partial charge in [0.2, 0.25) is 0 Å². The van der Waals surface area contributed by atoms with Gasteiger partial charge in [-0.3, -0.25) is 4.40 Å². The van der Waals surface area contributed by atoms with Gasteiger partial charge < -0.3 is 0 Å². The Balaban J connectivity index is 2.33. The average molecular weight is 300 g/mol. The lowest BCUT2D eigenvalue weighted by Gasteiger charge is -2.08. The van der Waals surface area contributed by atoms with Crippen LogP contribution in [0.1, 0.15) is 19.4 Å². The minimum atomic E-state index is 0.970. The molecule has 0 bridgehead atoms. The molecular weight excluding hydrogens is 284 g/mol. The van der Waals surface area contributed by atoms with Crippen molar-refractivity contribution < 1.29 is 0 Å². The Bertz CT molecular complexity index is 1120. The van der Waals surface area contributed by atoms with E-state index >= 15 is 0 Å². The van der Waals surface area contributed by atoms with E-state index in [9.17, 15) is 0 Å². The first-order valence-corrected chi connectivity index (χ1v) is 7.57. The molecule has 4 nitrogen and oxygen atoms in total. The van der Waals surface area contributed by atoms with E-state index in [2.05, 4.69) is 63.5 Å². The molecule has 3 aromatic heterocycles. The van der Waals surface area contributed by atoms with Gasteiger partial charge in [0.25, 0.3) is 0 Å². The predicted molar refractivity (Wildman–Crippen MR) is 92.3 cm³/mol. The van der Waals surface area contributed by atoms with Crippen LogP contribution in [0.5, 0.6) is 0 Å². The Hall–Kier alpha value is -3.01. The maximum atomic E-state index is 4.56. The van der Waals surface area contributed by atoms with Crippen molar-refractivity contribution in [2.45, 2.75) is 13.8 Å². The highest BCUT2D eigenvalue weighted by molar-refractivity contribution is 5.95. The molecule has 0 amide bonds. The van der Waals surface area contributed by atoms with Crippen LogP contribution in [0.3, 0.4) is 0 Å². The number of benzene rings is 1. The number of hydrogen-bond donors (Lipinski definition) is 0. The maximum Gasteiger partial charge on any atom is 0.145 e. The van der Waals surface area contributed by atoms with Crippen LogP contribution < -0.4 is 10.6 Å². The highest BCUT2D eigenvalue weighted by Crippen LogP contribution is 2.15. The van der Waals surface area contributed by atoms with E-state index < -0.39 is 0 Å². The van der Waals surface area contributed by atoms with E-state index in [1.165, 1.54) is 10.6 Å². The molecule has 0 atom stereocenters. The van der Waals surface area contributed by atoms with Gasteiger partial charge in [0.1, 0.15) is 12.0 Å². The van der Waals surface area contributed by atoms with Crippen LogP contribution in [0.25, 0.3) is 28.1 Å². The van der Waals surface area contributed by atoms with E-state index in [0.717, 1.165) is 27.5 Å². The lowest BCUT2D eigenvalue weighted by Crippen LogP contribution is -2.34. The van der Waals surface area contributed by atoms with Crippen LogP contribution >= 0.6 is 0 Å². The molecule has 0 spiro atoms. The minimum Gasteiger partial charge on any atom is -0.299 e. The van der Waals surface area contributed by atoms with Crippen molar-refractivity contribution in [1.29, 1.82) is 0 Å². The van der Waals surface area contributed by atoms with Crippen LogP contribution in [0.15, 0.2) is 55.4 Å². The first kappa shape index (κ1) is 13.6. The third-order valence-electron chi connectivity index (χ3n) is 4.23. The van der Waals surface area contributed by atoms with Crippen molar-refractivity contribution in [3.8, 4) is 0 Å². The fourth-order valence-electron chi connectivity index (χ4n) is 3.16. The summed E-state index contributed by atoms with van der Waals surface area (Å²) in [7, 11) is 0. The summed E-state index contributed by atoms with van der Waals surface area (Å²) in [6, 6.07) is 8.39. The lowest BCUT2D eigenvalue weighted by molar-refractivity contribution is 1.09. The number of aromatic nitrogens is 4. The van der Waals surface area contributed by atoms with E-state index in [-0.39, 0.29) is 0 Å². The molecule has 4 rings (SSSR count). The zero-order chi connectivity index (χ0) is 15.8. The normalized spacial score (nSPS) is 13.7. The summed E-state index contributed by atoms with van der Waals surface area (Å²) < 4.78 is 2.15. The van der Waals surface area contributed by atoms with Crippen LogP contribution in [0.2, 0.25) is 0 Å². The van der Waals surface area contributed by atoms with Crippen molar-refractivity contribution in [2.24, 2.45) is 0 Å². The number of imidazole rings is 1. The molecule has 3 heterocycles. The second-order valence-electron chi connectivity index (χ2n) is 5.47. The first-order valence-electron chi connectivity index (χ1n) is 7.57. The van der Waals surface area contributed by atoms with Crippen LogP contribution in [0.4, 0.5) is 0 Å². The summed E-state index contributed by atoms with van der Waals surface area (Å²) in [5.74, 6) is 0. The number of nitrogens with zero attached hydrogens (tertiary/aromatic N) is 4. The van der Waals surface area contributed by atoms with Gasteiger partial charge in [-0.05, 0) is 24.8 Å². The van der Waals surface area contributed by atoms with Gasteiger partial charge in [-0.2, -0.15) is 0 Å². The average Bonchev–Trinajstić information content (AvgIpc) is 3.10. The molecule has 0 aliphatic rings. The third-order valence-corrected chi connectivity index (χ3v) is 4.23. The lowest BCUT2D eigenvalue weighted by atomic mass is 10.1. The Morgan fingerprint density at radius 1 is 1.09 bits per heavy atom. The summed E-state index contributed by atoms with van der Waals surface area (Å²) in [6.45, 7) is 4.18. The fraction of sp³-hybridized carbons (Fsp3) is 0.105. The second kappa shape index (κ2) is 5.32. The van der Waals surface area contributed by atoms with Gasteiger partial charge in [-0.25, -0.2) is 15.0 Å². The zero-order valence-corrected chi connectivity index (χ0v) is 13.1. The Labute approximate surface area is 133 Å². The van der Waals surface area contributed by atoms with Crippen LogP contribution in [-0.2, 0) is 0 Å². The summed E-state index contributed by atoms with van der Waals surface area (Å²) >= 11 is 0. The van der Waals surface area contributed by atoms with Gasteiger partial charge >= 0.3 is 0 Å². The third kappa shape index (κ3) is 2.03. The van der Waals surface area contributed by atoms with Crippen molar-refractivity contribution >= 4 is 28.1 Å². The molecule has 0 aliphatic carbocycles. The van der Waals surface area contributed by atoms with Crippen LogP contribution in [0, 0.1) is 0 Å². The number of fused-ring (bicyclic) bond motifs is 3. The van der Waals surface area contributed by atoms with Gasteiger partial charge in [-0.15, -0.1) is 0 Å². The molecule has 1 aromatic carbocycles. The molecule has 4 aromatic rings. The Morgan fingerprint density at radius 2 is 1.83 bits per heavy atom. The predicted octanol–water partition coefficient (Wildman–Crippen LogP) is 2.30. The molecule has 23 heavy (non-hydrogen) atoms. The summed E-state index contributed by atoms with van der Waals surface area (Å²) in [4.78, 5) is 12.9. The number of rotatable bonds is 1. The van der Waals surface area contributed by atoms with Crippen molar-refractivity contribution in [3.63, 3.8) is 0 Å². The molecule has 0 aliphatic heterocycles. The van der Waals surface area contributed by atoms with Crippen LogP contribution in [-0.4, -0.2) is 19.4 Å². The molecule has 0 unspecified atom stereocenters. The Kier molecular flexibility index (Phi) is 3.15. The van der Waals surface area contributed by atoms with Crippen molar-refractivity contribution in [2.75, 3.05) is 0 Å². The second-order valence-corrected chi connectivity index (χ2v) is 5.47. The Morgan fingerprint density at radius 3 is 2.57 bits per heavy atom. The molecule has 0 saturated carbocycles. The summed E-state index contributed by atoms with van der Waals surface area (Å²) in [6.07, 6.45) is 11.3. The topological polar surface area (TPSA) is 43.1 Å². The quantitative estimate of drug-likeness (QED) is 0.542. The smallest absolute Gasteiger partial charge is 0.145 e. The van der Waals surface area contributed by atoms with E-state index in [4.69, 9.17) is 0 Å². The molecule has 0 radical (unpaired) electrons. The SMILES string of the molecule is C/C=c1\c(=C(/C)c2cncnc2)n2ccnc2c2ccccc12. The largest absolute Gasteiger partial charge is 0.299 e. The molecule has 112 valence electrons. The molecule has 0 saturated heterocycles. The minimum absolute atomic E-state index is 0.970. The van der Waals surface area contributed by atoms with Gasteiger partial charge in [0, 0.05) is 41.0 Å². The number of hydrogen-bond acceptors (Lipinski definition) is 3. The fourth-order valence-corrected chi connectivity index (χ4v) is 3.16. The van der Waals surface area contributed by atoms with E-state index in [1.807, 2.05) is 24.8 Å². The summed E-state index contributed by atoms with van der Waals surface area (Å²) in [5, 5.41) is 4.70. The standard InChI is InChI=1S/C19H16N4/c1-3-15-16-6-4-5-7-17(16)19-22-8-9-23(19)18(15)13(2)14-10-20-12-21-11-14/h3-12H,1-2H3/b15-3-,18-13-. The first-order chi connectivity index (χ1) is 11.3. The summed E-state index contributed by atoms with van der Waals surface area (Å²) in [5.41, 5.74) is 3.12. The molecule has 0 N–H and O–H groups in total. The van der Waals surface area contributed by atoms with E-state index in [1.54, 1.807) is 6.33 Å². The molecule has 0 fully saturated rings. The van der Waals surface area contributed by atoms with Crippen molar-refractivity contribution in [1.82, 2.24) is 19.4 Å². The van der Waals surface area contributed by atoms with Gasteiger partial charge in [-0.1, -0.05) is 30.3 Å². The highest BCUT2D eigenvalue weighted by Gasteiger charge is 2.08. The maximum absolute atomic E-state index is 4.56. The highest BCUT2D eigenvalue weighted by atomic mass is 15.0. The van der Waals surface area contributed by atoms with Gasteiger partial charge in [0.15, 0.2) is 0 Å². The molecule has 4 heteroatoms. The van der Waals surface area contributed by atoms with Crippen molar-refractivity contribution in [3.05, 3.63) is 71.5 Å². The number of pyridine rings is 1.